The quantitative estimate of drug-likeness (QED) is 0.757. The van der Waals surface area contributed by atoms with Crippen LogP contribution in [-0.4, -0.2) is 24.5 Å². The zero-order chi connectivity index (χ0) is 12.0. The predicted molar refractivity (Wildman–Crippen MR) is 59.5 cm³/mol. The summed E-state index contributed by atoms with van der Waals surface area (Å²) in [6.45, 7) is 1.81. The molecule has 0 fully saturated rings. The Bertz CT molecular complexity index is 395. The minimum atomic E-state index is -0.237. The lowest BCUT2D eigenvalue weighted by molar-refractivity contribution is -0.116. The molecule has 0 radical (unpaired) electrons. The Labute approximate surface area is 93.7 Å². The molecular formula is C12H13NO3. The molecule has 0 unspecified atom stereocenters. The van der Waals surface area contributed by atoms with Crippen LogP contribution in [-0.2, 0) is 4.79 Å². The number of carbonyl (C=O) groups is 3. The van der Waals surface area contributed by atoms with Gasteiger partial charge < -0.3 is 5.32 Å². The zero-order valence-corrected chi connectivity index (χ0v) is 9.03. The number of benzene rings is 1. The number of nitrogens with one attached hydrogen (secondary N) is 1. The van der Waals surface area contributed by atoms with Gasteiger partial charge in [-0.15, -0.1) is 0 Å². The fourth-order valence-corrected chi connectivity index (χ4v) is 1.17. The van der Waals surface area contributed by atoms with Crippen LogP contribution in [0.5, 0.6) is 0 Å². The summed E-state index contributed by atoms with van der Waals surface area (Å²) in [7, 11) is 0. The van der Waals surface area contributed by atoms with E-state index in [1.165, 1.54) is 6.92 Å². The van der Waals surface area contributed by atoms with Gasteiger partial charge in [-0.25, -0.2) is 0 Å². The zero-order valence-electron chi connectivity index (χ0n) is 9.03. The lowest BCUT2D eigenvalue weighted by Gasteiger charge is -2.03. The van der Waals surface area contributed by atoms with Crippen molar-refractivity contribution in [3.63, 3.8) is 0 Å². The highest BCUT2D eigenvalue weighted by Crippen LogP contribution is 2.02. The van der Waals surface area contributed by atoms with Crippen LogP contribution < -0.4 is 5.32 Å². The summed E-state index contributed by atoms with van der Waals surface area (Å²) >= 11 is 0. The Balaban J connectivity index is 2.52. The normalized spacial score (nSPS) is 9.56. The number of aldehydes is 1. The molecule has 0 bridgehead atoms. The minimum absolute atomic E-state index is 0.0385. The van der Waals surface area contributed by atoms with Crippen molar-refractivity contribution >= 4 is 18.0 Å². The Kier molecular flexibility index (Phi) is 4.39. The van der Waals surface area contributed by atoms with Crippen molar-refractivity contribution in [2.24, 2.45) is 0 Å². The van der Waals surface area contributed by atoms with E-state index in [1.54, 1.807) is 24.3 Å². The Morgan fingerprint density at radius 3 is 2.38 bits per heavy atom. The van der Waals surface area contributed by atoms with E-state index in [9.17, 15) is 14.4 Å². The molecule has 1 amide bonds. The standard InChI is InChI=1S/C12H13NO3/c1-9(15)6-7-13-12(16)11-4-2-10(8-14)3-5-11/h2-5,8H,6-7H2,1H3,(H,13,16). The predicted octanol–water partition coefficient (Wildman–Crippen LogP) is 1.21. The molecule has 0 saturated carbocycles. The number of hydrogen-bond acceptors (Lipinski definition) is 3. The van der Waals surface area contributed by atoms with Crippen molar-refractivity contribution in [3.05, 3.63) is 35.4 Å². The van der Waals surface area contributed by atoms with Crippen LogP contribution >= 0.6 is 0 Å². The van der Waals surface area contributed by atoms with Gasteiger partial charge in [-0.05, 0) is 19.1 Å². The number of rotatable bonds is 5. The smallest absolute Gasteiger partial charge is 0.251 e. The van der Waals surface area contributed by atoms with Crippen LogP contribution in [0.1, 0.15) is 34.1 Å². The van der Waals surface area contributed by atoms with E-state index in [4.69, 9.17) is 0 Å². The van der Waals surface area contributed by atoms with Crippen LogP contribution in [0.25, 0.3) is 0 Å². The molecule has 0 aliphatic rings. The van der Waals surface area contributed by atoms with Crippen LogP contribution in [0.2, 0.25) is 0 Å². The molecule has 0 atom stereocenters. The number of Topliss-reactive ketones (excluding diaryl/α,β-unsaturated/α-hetero) is 1. The molecule has 4 nitrogen and oxygen atoms in total. The van der Waals surface area contributed by atoms with Gasteiger partial charge in [0, 0.05) is 24.1 Å². The number of hydrogen-bond donors (Lipinski definition) is 1. The lowest BCUT2D eigenvalue weighted by atomic mass is 10.1. The minimum Gasteiger partial charge on any atom is -0.352 e. The highest BCUT2D eigenvalue weighted by atomic mass is 16.2. The van der Waals surface area contributed by atoms with Crippen molar-refractivity contribution in [2.45, 2.75) is 13.3 Å². The Hall–Kier alpha value is -1.97. The number of ketones is 1. The topological polar surface area (TPSA) is 63.2 Å². The number of carbonyl (C=O) groups excluding carboxylic acids is 3. The first-order valence-electron chi connectivity index (χ1n) is 4.96. The second kappa shape index (κ2) is 5.80. The van der Waals surface area contributed by atoms with Gasteiger partial charge in [-0.1, -0.05) is 12.1 Å². The monoisotopic (exact) mass is 219 g/mol. The summed E-state index contributed by atoms with van der Waals surface area (Å²) in [6.07, 6.45) is 1.05. The van der Waals surface area contributed by atoms with Gasteiger partial charge in [-0.2, -0.15) is 0 Å². The molecule has 0 aliphatic carbocycles. The molecule has 1 N–H and O–H groups in total. The van der Waals surface area contributed by atoms with Crippen LogP contribution in [0.15, 0.2) is 24.3 Å². The van der Waals surface area contributed by atoms with E-state index in [-0.39, 0.29) is 11.7 Å². The summed E-state index contributed by atoms with van der Waals surface area (Å²) in [5.41, 5.74) is 1.01. The molecule has 0 saturated heterocycles. The molecule has 0 aliphatic heterocycles. The SMILES string of the molecule is CC(=O)CCNC(=O)c1ccc(C=O)cc1. The molecule has 4 heteroatoms. The third kappa shape index (κ3) is 3.65. The maximum absolute atomic E-state index is 11.5. The first-order valence-corrected chi connectivity index (χ1v) is 4.96. The van der Waals surface area contributed by atoms with E-state index < -0.39 is 0 Å². The van der Waals surface area contributed by atoms with Crippen molar-refractivity contribution < 1.29 is 14.4 Å². The maximum atomic E-state index is 11.5. The fourth-order valence-electron chi connectivity index (χ4n) is 1.17. The lowest BCUT2D eigenvalue weighted by Crippen LogP contribution is -2.25. The average Bonchev–Trinajstić information content (AvgIpc) is 2.28. The largest absolute Gasteiger partial charge is 0.352 e. The van der Waals surface area contributed by atoms with E-state index in [1.807, 2.05) is 0 Å². The molecule has 0 aromatic heterocycles. The van der Waals surface area contributed by atoms with Gasteiger partial charge in [0.25, 0.3) is 5.91 Å². The van der Waals surface area contributed by atoms with Crippen LogP contribution in [0.4, 0.5) is 0 Å². The Morgan fingerprint density at radius 1 is 1.25 bits per heavy atom. The summed E-state index contributed by atoms with van der Waals surface area (Å²) < 4.78 is 0. The van der Waals surface area contributed by atoms with E-state index >= 15 is 0 Å². The number of amides is 1. The molecular weight excluding hydrogens is 206 g/mol. The maximum Gasteiger partial charge on any atom is 0.251 e. The third-order valence-corrected chi connectivity index (χ3v) is 2.07. The summed E-state index contributed by atoms with van der Waals surface area (Å²) in [6, 6.07) is 6.31. The average molecular weight is 219 g/mol. The van der Waals surface area contributed by atoms with Gasteiger partial charge in [0.2, 0.25) is 0 Å². The second-order valence-electron chi connectivity index (χ2n) is 3.45. The van der Waals surface area contributed by atoms with Crippen molar-refractivity contribution in [1.29, 1.82) is 0 Å². The van der Waals surface area contributed by atoms with E-state index in [0.717, 1.165) is 6.29 Å². The first kappa shape index (κ1) is 12.1. The Morgan fingerprint density at radius 2 is 1.88 bits per heavy atom. The molecule has 16 heavy (non-hydrogen) atoms. The molecule has 84 valence electrons. The highest BCUT2D eigenvalue weighted by molar-refractivity contribution is 5.95. The molecule has 1 aromatic rings. The van der Waals surface area contributed by atoms with Crippen molar-refractivity contribution in [1.82, 2.24) is 5.32 Å². The van der Waals surface area contributed by atoms with Crippen molar-refractivity contribution in [3.8, 4) is 0 Å². The van der Waals surface area contributed by atoms with Gasteiger partial charge in [0.1, 0.15) is 12.1 Å². The molecule has 0 spiro atoms. The van der Waals surface area contributed by atoms with Gasteiger partial charge in [0.15, 0.2) is 0 Å². The molecule has 1 rings (SSSR count). The fraction of sp³-hybridized carbons (Fsp3) is 0.250. The van der Waals surface area contributed by atoms with Crippen molar-refractivity contribution in [2.75, 3.05) is 6.54 Å². The van der Waals surface area contributed by atoms with E-state index in [0.29, 0.717) is 24.1 Å². The second-order valence-corrected chi connectivity index (χ2v) is 3.45. The third-order valence-electron chi connectivity index (χ3n) is 2.07. The first-order chi connectivity index (χ1) is 7.63. The van der Waals surface area contributed by atoms with Crippen LogP contribution in [0, 0.1) is 0 Å². The summed E-state index contributed by atoms with van der Waals surface area (Å²) in [5.74, 6) is -0.199. The molecule has 1 aromatic carbocycles. The highest BCUT2D eigenvalue weighted by Gasteiger charge is 2.04. The van der Waals surface area contributed by atoms with Gasteiger partial charge >= 0.3 is 0 Å². The van der Waals surface area contributed by atoms with Crippen LogP contribution in [0.3, 0.4) is 0 Å². The van der Waals surface area contributed by atoms with Gasteiger partial charge in [0.05, 0.1) is 0 Å². The summed E-state index contributed by atoms with van der Waals surface area (Å²) in [4.78, 5) is 32.6. The van der Waals surface area contributed by atoms with E-state index in [2.05, 4.69) is 5.32 Å². The molecule has 0 heterocycles. The summed E-state index contributed by atoms with van der Waals surface area (Å²) in [5, 5.41) is 2.62. The van der Waals surface area contributed by atoms with Gasteiger partial charge in [-0.3, -0.25) is 14.4 Å².